The zero-order valence-electron chi connectivity index (χ0n) is 18.6. The van der Waals surface area contributed by atoms with Gasteiger partial charge in [-0.15, -0.1) is 0 Å². The van der Waals surface area contributed by atoms with Gasteiger partial charge in [0, 0.05) is 45.1 Å². The molecule has 1 aliphatic heterocycles. The molecule has 2 heterocycles. The third kappa shape index (κ3) is 4.91. The van der Waals surface area contributed by atoms with Crippen LogP contribution in [0.2, 0.25) is 5.02 Å². The Kier molecular flexibility index (Phi) is 7.18. The number of nitrogens with zero attached hydrogens (tertiary/aromatic N) is 2. The number of pyridine rings is 1. The molecule has 3 atom stereocenters. The number of carbonyl (C=O) groups is 1. The molecule has 1 aromatic carbocycles. The lowest BCUT2D eigenvalue weighted by Crippen LogP contribution is -2.44. The first-order valence-corrected chi connectivity index (χ1v) is 14.0. The summed E-state index contributed by atoms with van der Waals surface area (Å²) in [5.74, 6) is 0.822. The van der Waals surface area contributed by atoms with Crippen molar-refractivity contribution in [2.24, 2.45) is 11.8 Å². The van der Waals surface area contributed by atoms with Crippen molar-refractivity contribution in [3.8, 4) is 0 Å². The van der Waals surface area contributed by atoms with E-state index in [0.29, 0.717) is 12.3 Å². The maximum atomic E-state index is 13.1. The minimum absolute atomic E-state index is 0.0139. The van der Waals surface area contributed by atoms with Crippen LogP contribution in [-0.4, -0.2) is 40.1 Å². The summed E-state index contributed by atoms with van der Waals surface area (Å²) in [5, 5.41) is 10.8. The van der Waals surface area contributed by atoms with Crippen molar-refractivity contribution >= 4 is 49.4 Å². The molecular formula is C26H29Br2ClN2O2. The number of hydrogen-bond donors (Lipinski definition) is 1. The van der Waals surface area contributed by atoms with E-state index in [-0.39, 0.29) is 23.8 Å². The van der Waals surface area contributed by atoms with Gasteiger partial charge in [-0.1, -0.05) is 34.0 Å². The molecular weight excluding hydrogens is 568 g/mol. The van der Waals surface area contributed by atoms with Crippen molar-refractivity contribution < 1.29 is 9.90 Å². The first kappa shape index (κ1) is 23.8. The number of halogens is 3. The molecule has 176 valence electrons. The molecule has 0 unspecified atom stereocenters. The lowest BCUT2D eigenvalue weighted by atomic mass is 9.76. The zero-order valence-corrected chi connectivity index (χ0v) is 22.5. The summed E-state index contributed by atoms with van der Waals surface area (Å²) in [4.78, 5) is 20.1. The van der Waals surface area contributed by atoms with Crippen molar-refractivity contribution in [1.82, 2.24) is 9.88 Å². The van der Waals surface area contributed by atoms with E-state index < -0.39 is 0 Å². The van der Waals surface area contributed by atoms with Crippen LogP contribution in [0.25, 0.3) is 0 Å². The number of aryl methyl sites for hydroxylation is 2. The molecule has 0 bridgehead atoms. The van der Waals surface area contributed by atoms with Crippen molar-refractivity contribution in [2.75, 3.05) is 13.1 Å². The monoisotopic (exact) mass is 594 g/mol. The largest absolute Gasteiger partial charge is 0.393 e. The van der Waals surface area contributed by atoms with Gasteiger partial charge in [0.05, 0.1) is 11.8 Å². The normalized spacial score (nSPS) is 25.8. The van der Waals surface area contributed by atoms with Crippen LogP contribution in [0.1, 0.15) is 66.8 Å². The van der Waals surface area contributed by atoms with E-state index in [0.717, 1.165) is 72.0 Å². The second kappa shape index (κ2) is 9.96. The Hall–Kier alpha value is -0.950. The van der Waals surface area contributed by atoms with E-state index in [4.69, 9.17) is 16.6 Å². The lowest BCUT2D eigenvalue weighted by Gasteiger charge is -2.39. The van der Waals surface area contributed by atoms with Gasteiger partial charge < -0.3 is 10.0 Å². The fourth-order valence-corrected chi connectivity index (χ4v) is 7.63. The Morgan fingerprint density at radius 2 is 1.82 bits per heavy atom. The highest BCUT2D eigenvalue weighted by atomic mass is 79.9. The zero-order chi connectivity index (χ0) is 23.1. The summed E-state index contributed by atoms with van der Waals surface area (Å²) in [5.41, 5.74) is 5.07. The van der Waals surface area contributed by atoms with Crippen molar-refractivity contribution in [1.29, 1.82) is 0 Å². The van der Waals surface area contributed by atoms with Gasteiger partial charge >= 0.3 is 0 Å². The van der Waals surface area contributed by atoms with Crippen LogP contribution >= 0.6 is 43.5 Å². The highest BCUT2D eigenvalue weighted by molar-refractivity contribution is 9.10. The number of rotatable bonds is 2. The van der Waals surface area contributed by atoms with Gasteiger partial charge in [-0.2, -0.15) is 0 Å². The fraction of sp³-hybridized carbons (Fsp3) is 0.538. The Morgan fingerprint density at radius 3 is 2.58 bits per heavy atom. The molecule has 1 saturated heterocycles. The Bertz CT molecular complexity index is 1050. The second-order valence-corrected chi connectivity index (χ2v) is 12.0. The van der Waals surface area contributed by atoms with E-state index in [1.54, 1.807) is 0 Å². The minimum atomic E-state index is -0.321. The first-order chi connectivity index (χ1) is 15.9. The highest BCUT2D eigenvalue weighted by Crippen LogP contribution is 2.46. The first-order valence-electron chi connectivity index (χ1n) is 12.0. The van der Waals surface area contributed by atoms with Gasteiger partial charge in [-0.05, 0) is 102 Å². The summed E-state index contributed by atoms with van der Waals surface area (Å²) in [7, 11) is 0. The Labute approximate surface area is 217 Å². The summed E-state index contributed by atoms with van der Waals surface area (Å²) >= 11 is 13.9. The number of hydrogen-bond acceptors (Lipinski definition) is 3. The maximum absolute atomic E-state index is 13.1. The predicted molar refractivity (Wildman–Crippen MR) is 138 cm³/mol. The molecule has 5 rings (SSSR count). The smallest absolute Gasteiger partial charge is 0.225 e. The molecule has 0 spiro atoms. The van der Waals surface area contributed by atoms with Gasteiger partial charge in [-0.25, -0.2) is 0 Å². The maximum Gasteiger partial charge on any atom is 0.225 e. The second-order valence-electron chi connectivity index (χ2n) is 9.82. The van der Waals surface area contributed by atoms with E-state index in [2.05, 4.69) is 44.0 Å². The molecule has 1 aromatic heterocycles. The Balaban J connectivity index is 1.42. The van der Waals surface area contributed by atoms with Gasteiger partial charge in [0.25, 0.3) is 0 Å². The lowest BCUT2D eigenvalue weighted by molar-refractivity contribution is -0.139. The molecule has 2 aliphatic carbocycles. The summed E-state index contributed by atoms with van der Waals surface area (Å²) in [6, 6.07) is 6.33. The number of aliphatic hydroxyl groups is 1. The van der Waals surface area contributed by atoms with E-state index in [1.807, 2.05) is 17.2 Å². The quantitative estimate of drug-likeness (QED) is 0.444. The molecule has 1 amide bonds. The van der Waals surface area contributed by atoms with Gasteiger partial charge in [0.2, 0.25) is 5.91 Å². The van der Waals surface area contributed by atoms with E-state index in [1.165, 1.54) is 22.4 Å². The van der Waals surface area contributed by atoms with E-state index >= 15 is 0 Å². The minimum Gasteiger partial charge on any atom is -0.393 e. The number of aromatic nitrogens is 1. The topological polar surface area (TPSA) is 53.4 Å². The molecule has 2 aromatic rings. The average Bonchev–Trinajstić information content (AvgIpc) is 2.95. The predicted octanol–water partition coefficient (Wildman–Crippen LogP) is 6.28. The molecule has 3 aliphatic rings. The van der Waals surface area contributed by atoms with Crippen molar-refractivity contribution in [3.63, 3.8) is 0 Å². The van der Waals surface area contributed by atoms with Gasteiger partial charge in [0.1, 0.15) is 0 Å². The third-order valence-corrected chi connectivity index (χ3v) is 9.04. The third-order valence-electron chi connectivity index (χ3n) is 7.74. The van der Waals surface area contributed by atoms with Crippen LogP contribution in [0, 0.1) is 11.8 Å². The summed E-state index contributed by atoms with van der Waals surface area (Å²) in [6.45, 7) is 1.55. The molecule has 1 saturated carbocycles. The van der Waals surface area contributed by atoms with Crippen molar-refractivity contribution in [2.45, 2.75) is 63.4 Å². The highest BCUT2D eigenvalue weighted by Gasteiger charge is 2.37. The van der Waals surface area contributed by atoms with Gasteiger partial charge in [0.15, 0.2) is 0 Å². The number of piperidine rings is 1. The number of fused-ring (bicyclic) bond motifs is 2. The van der Waals surface area contributed by atoms with Crippen molar-refractivity contribution in [3.05, 3.63) is 60.7 Å². The Morgan fingerprint density at radius 1 is 1.06 bits per heavy atom. The fourth-order valence-electron chi connectivity index (χ4n) is 6.13. The molecule has 33 heavy (non-hydrogen) atoms. The molecule has 7 heteroatoms. The summed E-state index contributed by atoms with van der Waals surface area (Å²) < 4.78 is 2.07. The standard InChI is InChI=1S/C26H29Br2ClN2O2/c27-19-10-17-5-4-16-11-20(29)13-22(28)23(16)24(25(17)30-14-19)15-6-8-31(9-7-15)26(33)18-2-1-3-21(32)12-18/h10-11,13-15,18,21,24,32H,1-9,12H2/t18-,21-,24-/m1/s1. The van der Waals surface area contributed by atoms with Crippen LogP contribution in [0.3, 0.4) is 0 Å². The number of amides is 1. The van der Waals surface area contributed by atoms with Crippen LogP contribution in [-0.2, 0) is 17.6 Å². The average molecular weight is 597 g/mol. The van der Waals surface area contributed by atoms with E-state index in [9.17, 15) is 9.90 Å². The van der Waals surface area contributed by atoms with Crippen LogP contribution in [0.15, 0.2) is 33.3 Å². The van der Waals surface area contributed by atoms with Crippen LogP contribution < -0.4 is 0 Å². The summed E-state index contributed by atoms with van der Waals surface area (Å²) in [6.07, 6.45) is 8.69. The molecule has 1 N–H and O–H groups in total. The number of carbonyl (C=O) groups excluding carboxylic acids is 1. The van der Waals surface area contributed by atoms with Crippen LogP contribution in [0.5, 0.6) is 0 Å². The number of likely N-dealkylation sites (tertiary alicyclic amines) is 1. The van der Waals surface area contributed by atoms with Gasteiger partial charge in [-0.3, -0.25) is 9.78 Å². The number of benzene rings is 1. The SMILES string of the molecule is O=C([C@@H]1CCC[C@@H](O)C1)N1CCC([C@H]2c3ncc(Br)cc3CCc3cc(Cl)cc(Br)c32)CC1. The molecule has 0 radical (unpaired) electrons. The number of aliphatic hydroxyl groups excluding tert-OH is 1. The molecule has 4 nitrogen and oxygen atoms in total. The van der Waals surface area contributed by atoms with Crippen LogP contribution in [0.4, 0.5) is 0 Å². The molecule has 2 fully saturated rings.